The summed E-state index contributed by atoms with van der Waals surface area (Å²) in [6.45, 7) is 6.24. The molecule has 2 saturated heterocycles. The molecule has 0 radical (unpaired) electrons. The van der Waals surface area contributed by atoms with Gasteiger partial charge in [0.25, 0.3) is 0 Å². The Hall–Kier alpha value is -1.06. The first kappa shape index (κ1) is 14.9. The minimum atomic E-state index is 0.363. The second-order valence-corrected chi connectivity index (χ2v) is 6.71. The maximum Gasteiger partial charge on any atom is 0.222 e. The maximum absolute atomic E-state index is 11.8. The second kappa shape index (κ2) is 6.37. The molecule has 21 heavy (non-hydrogen) atoms. The van der Waals surface area contributed by atoms with Crippen LogP contribution in [0.2, 0.25) is 5.02 Å². The highest BCUT2D eigenvalue weighted by Gasteiger charge is 2.30. The van der Waals surface area contributed by atoms with Crippen LogP contribution in [0, 0.1) is 6.92 Å². The number of amides is 1. The van der Waals surface area contributed by atoms with Crippen molar-refractivity contribution in [1.82, 2.24) is 9.80 Å². The topological polar surface area (TPSA) is 23.6 Å². The molecule has 2 aliphatic heterocycles. The summed E-state index contributed by atoms with van der Waals surface area (Å²) in [5, 5.41) is 0.808. The third-order valence-electron chi connectivity index (χ3n) is 4.81. The second-order valence-electron chi connectivity index (χ2n) is 6.27. The largest absolute Gasteiger partial charge is 0.340 e. The molecule has 0 bridgehead atoms. The van der Waals surface area contributed by atoms with Crippen molar-refractivity contribution in [3.05, 3.63) is 34.3 Å². The first-order valence-corrected chi connectivity index (χ1v) is 8.28. The van der Waals surface area contributed by atoms with Crippen LogP contribution in [0.25, 0.3) is 0 Å². The Morgan fingerprint density at radius 2 is 2.00 bits per heavy atom. The molecule has 1 amide bonds. The van der Waals surface area contributed by atoms with E-state index in [1.165, 1.54) is 11.1 Å². The molecule has 1 aromatic rings. The van der Waals surface area contributed by atoms with Gasteiger partial charge in [-0.3, -0.25) is 9.69 Å². The normalized spacial score (nSPS) is 21.2. The minimum Gasteiger partial charge on any atom is -0.340 e. The van der Waals surface area contributed by atoms with Crippen molar-refractivity contribution in [1.29, 1.82) is 0 Å². The van der Waals surface area contributed by atoms with Gasteiger partial charge in [0.15, 0.2) is 0 Å². The van der Waals surface area contributed by atoms with Gasteiger partial charge in [-0.1, -0.05) is 17.7 Å². The lowest BCUT2D eigenvalue weighted by molar-refractivity contribution is -0.130. The molecule has 0 aliphatic carbocycles. The summed E-state index contributed by atoms with van der Waals surface area (Å²) in [5.41, 5.74) is 2.62. The molecule has 4 heteroatoms. The molecular weight excluding hydrogens is 284 g/mol. The summed E-state index contributed by atoms with van der Waals surface area (Å²) in [6.07, 6.45) is 4.02. The van der Waals surface area contributed by atoms with Gasteiger partial charge >= 0.3 is 0 Å². The fourth-order valence-corrected chi connectivity index (χ4v) is 3.75. The Labute approximate surface area is 131 Å². The van der Waals surface area contributed by atoms with Crippen molar-refractivity contribution in [3.63, 3.8) is 0 Å². The van der Waals surface area contributed by atoms with Crippen molar-refractivity contribution in [2.75, 3.05) is 19.6 Å². The van der Waals surface area contributed by atoms with E-state index in [0.717, 1.165) is 56.9 Å². The monoisotopic (exact) mass is 306 g/mol. The molecule has 0 N–H and O–H groups in total. The fraction of sp³-hybridized carbons (Fsp3) is 0.588. The number of likely N-dealkylation sites (tertiary alicyclic amines) is 2. The van der Waals surface area contributed by atoms with E-state index >= 15 is 0 Å². The highest BCUT2D eigenvalue weighted by molar-refractivity contribution is 6.30. The summed E-state index contributed by atoms with van der Waals surface area (Å²) in [7, 11) is 0. The lowest BCUT2D eigenvalue weighted by Gasteiger charge is -2.36. The molecule has 0 aromatic heterocycles. The summed E-state index contributed by atoms with van der Waals surface area (Å²) in [5.74, 6) is 0.363. The Kier molecular flexibility index (Phi) is 4.51. The molecule has 3 rings (SSSR count). The summed E-state index contributed by atoms with van der Waals surface area (Å²) in [6, 6.07) is 6.61. The van der Waals surface area contributed by atoms with E-state index in [0.29, 0.717) is 11.9 Å². The lowest BCUT2D eigenvalue weighted by atomic mass is 10.0. The van der Waals surface area contributed by atoms with E-state index in [1.54, 1.807) is 0 Å². The Morgan fingerprint density at radius 1 is 1.24 bits per heavy atom. The Morgan fingerprint density at radius 3 is 2.62 bits per heavy atom. The van der Waals surface area contributed by atoms with Gasteiger partial charge in [0, 0.05) is 43.7 Å². The van der Waals surface area contributed by atoms with Crippen molar-refractivity contribution >= 4 is 17.5 Å². The van der Waals surface area contributed by atoms with Crippen molar-refractivity contribution in [2.24, 2.45) is 0 Å². The molecule has 0 spiro atoms. The van der Waals surface area contributed by atoms with E-state index in [1.807, 2.05) is 12.1 Å². The van der Waals surface area contributed by atoms with Crippen molar-refractivity contribution in [3.8, 4) is 0 Å². The SMILES string of the molecule is Cc1cc(Cl)ccc1CN1CCC(N2CCCC2=O)CC1. The lowest BCUT2D eigenvalue weighted by Crippen LogP contribution is -2.45. The minimum absolute atomic E-state index is 0.363. The highest BCUT2D eigenvalue weighted by atomic mass is 35.5. The highest BCUT2D eigenvalue weighted by Crippen LogP contribution is 2.24. The van der Waals surface area contributed by atoms with Gasteiger partial charge in [0.05, 0.1) is 0 Å². The number of hydrogen-bond donors (Lipinski definition) is 0. The average Bonchev–Trinajstić information content (AvgIpc) is 2.89. The number of rotatable bonds is 3. The van der Waals surface area contributed by atoms with Gasteiger partial charge in [-0.25, -0.2) is 0 Å². The van der Waals surface area contributed by atoms with E-state index in [9.17, 15) is 4.79 Å². The predicted octanol–water partition coefficient (Wildman–Crippen LogP) is 3.24. The van der Waals surface area contributed by atoms with Crippen LogP contribution < -0.4 is 0 Å². The third kappa shape index (κ3) is 3.41. The van der Waals surface area contributed by atoms with Crippen LogP contribution in [-0.2, 0) is 11.3 Å². The van der Waals surface area contributed by atoms with Crippen LogP contribution in [0.3, 0.4) is 0 Å². The number of benzene rings is 1. The first-order valence-electron chi connectivity index (χ1n) is 7.90. The smallest absolute Gasteiger partial charge is 0.222 e. The number of piperidine rings is 1. The molecule has 0 saturated carbocycles. The number of nitrogens with zero attached hydrogens (tertiary/aromatic N) is 2. The zero-order valence-corrected chi connectivity index (χ0v) is 13.4. The zero-order valence-electron chi connectivity index (χ0n) is 12.6. The van der Waals surface area contributed by atoms with Gasteiger partial charge in [0.1, 0.15) is 0 Å². The van der Waals surface area contributed by atoms with Crippen LogP contribution in [0.4, 0.5) is 0 Å². The first-order chi connectivity index (χ1) is 10.1. The Balaban J connectivity index is 1.55. The van der Waals surface area contributed by atoms with Crippen LogP contribution in [0.1, 0.15) is 36.8 Å². The number of carbonyl (C=O) groups excluding carboxylic acids is 1. The number of carbonyl (C=O) groups is 1. The number of aryl methyl sites for hydroxylation is 1. The Bertz CT molecular complexity index is 524. The molecule has 2 aliphatic rings. The number of halogens is 1. The summed E-state index contributed by atoms with van der Waals surface area (Å²) < 4.78 is 0. The summed E-state index contributed by atoms with van der Waals surface area (Å²) >= 11 is 6.01. The van der Waals surface area contributed by atoms with E-state index in [-0.39, 0.29) is 0 Å². The van der Waals surface area contributed by atoms with Crippen LogP contribution in [-0.4, -0.2) is 41.4 Å². The van der Waals surface area contributed by atoms with Gasteiger partial charge in [-0.05, 0) is 49.4 Å². The van der Waals surface area contributed by atoms with Gasteiger partial charge in [0.2, 0.25) is 5.91 Å². The fourth-order valence-electron chi connectivity index (χ4n) is 3.52. The molecule has 0 unspecified atom stereocenters. The van der Waals surface area contributed by atoms with Crippen molar-refractivity contribution in [2.45, 2.75) is 45.2 Å². The molecule has 0 atom stereocenters. The molecular formula is C17H23ClN2O. The van der Waals surface area contributed by atoms with Gasteiger partial charge in [-0.15, -0.1) is 0 Å². The molecule has 3 nitrogen and oxygen atoms in total. The zero-order chi connectivity index (χ0) is 14.8. The van der Waals surface area contributed by atoms with Gasteiger partial charge < -0.3 is 4.90 Å². The standard InChI is InChI=1S/C17H23ClN2O/c1-13-11-15(18)5-4-14(13)12-19-9-6-16(7-10-19)20-8-2-3-17(20)21/h4-5,11,16H,2-3,6-10,12H2,1H3. The van der Waals surface area contributed by atoms with E-state index in [2.05, 4.69) is 22.8 Å². The molecule has 2 heterocycles. The van der Waals surface area contributed by atoms with Crippen LogP contribution in [0.15, 0.2) is 18.2 Å². The van der Waals surface area contributed by atoms with E-state index < -0.39 is 0 Å². The number of hydrogen-bond acceptors (Lipinski definition) is 2. The summed E-state index contributed by atoms with van der Waals surface area (Å²) in [4.78, 5) is 16.4. The third-order valence-corrected chi connectivity index (χ3v) is 5.04. The molecule has 114 valence electrons. The molecule has 1 aromatic carbocycles. The quantitative estimate of drug-likeness (QED) is 0.856. The van der Waals surface area contributed by atoms with E-state index in [4.69, 9.17) is 11.6 Å². The van der Waals surface area contributed by atoms with Gasteiger partial charge in [-0.2, -0.15) is 0 Å². The van der Waals surface area contributed by atoms with Crippen LogP contribution in [0.5, 0.6) is 0 Å². The van der Waals surface area contributed by atoms with Crippen molar-refractivity contribution < 1.29 is 4.79 Å². The maximum atomic E-state index is 11.8. The predicted molar refractivity (Wildman–Crippen MR) is 85.4 cm³/mol. The van der Waals surface area contributed by atoms with Crippen LogP contribution >= 0.6 is 11.6 Å². The molecule has 2 fully saturated rings. The average molecular weight is 307 g/mol.